The number of fused-ring (bicyclic) bond motifs is 4. The quantitative estimate of drug-likeness (QED) is 0.339. The first-order valence-electron chi connectivity index (χ1n) is 14.3. The molecule has 3 amide bonds. The Morgan fingerprint density at radius 1 is 1.00 bits per heavy atom. The second kappa shape index (κ2) is 12.7. The van der Waals surface area contributed by atoms with E-state index in [-0.39, 0.29) is 23.8 Å². The Morgan fingerprint density at radius 3 is 2.60 bits per heavy atom. The third-order valence-electron chi connectivity index (χ3n) is 7.98. The molecule has 15 heteroatoms. The van der Waals surface area contributed by atoms with Gasteiger partial charge in [0.05, 0.1) is 36.5 Å². The molecule has 0 saturated carbocycles. The topological polar surface area (TPSA) is 156 Å². The molecule has 2 aliphatic rings. The summed E-state index contributed by atoms with van der Waals surface area (Å²) >= 11 is 12.3. The normalized spacial score (nSPS) is 19.2. The van der Waals surface area contributed by atoms with E-state index in [0.29, 0.717) is 47.0 Å². The molecule has 6 rings (SSSR count). The highest BCUT2D eigenvalue weighted by Gasteiger charge is 2.40. The molecule has 0 aliphatic carbocycles. The van der Waals surface area contributed by atoms with E-state index in [9.17, 15) is 24.3 Å². The molecule has 2 atom stereocenters. The average Bonchev–Trinajstić information content (AvgIpc) is 3.46. The third-order valence-corrected chi connectivity index (χ3v) is 8.39. The van der Waals surface area contributed by atoms with E-state index < -0.39 is 30.0 Å². The van der Waals surface area contributed by atoms with E-state index in [1.165, 1.54) is 28.2 Å². The molecule has 2 aliphatic heterocycles. The number of carboxylic acid groups (broad SMARTS) is 1. The number of amides is 3. The smallest absolute Gasteiger partial charge is 0.407 e. The SMILES string of the molecule is O=C1NCCCCC[C@H](n2cnc(-c3cc(Cl)ccc3-n3cc(Cl)nn3)cc2=O)c2cccc(c2)N2C(=O)CN(C(=O)O)C[C@H]12. The Morgan fingerprint density at radius 2 is 1.84 bits per heavy atom. The number of rotatable bonds is 3. The number of hydrogen-bond donors (Lipinski definition) is 2. The lowest BCUT2D eigenvalue weighted by molar-refractivity contribution is -0.129. The lowest BCUT2D eigenvalue weighted by atomic mass is 9.98. The monoisotopic (exact) mass is 650 g/mol. The summed E-state index contributed by atoms with van der Waals surface area (Å²) in [5.74, 6) is -0.929. The molecule has 0 spiro atoms. The molecule has 2 aromatic carbocycles. The van der Waals surface area contributed by atoms with E-state index >= 15 is 0 Å². The first-order valence-corrected chi connectivity index (χ1v) is 15.1. The Bertz CT molecular complexity index is 1840. The lowest BCUT2D eigenvalue weighted by Gasteiger charge is -2.39. The van der Waals surface area contributed by atoms with Crippen molar-refractivity contribution in [2.75, 3.05) is 24.5 Å². The summed E-state index contributed by atoms with van der Waals surface area (Å²) in [4.78, 5) is 58.8. The van der Waals surface area contributed by atoms with Crippen molar-refractivity contribution in [2.24, 2.45) is 0 Å². The van der Waals surface area contributed by atoms with Crippen molar-refractivity contribution in [3.8, 4) is 16.9 Å². The summed E-state index contributed by atoms with van der Waals surface area (Å²) in [6.45, 7) is -0.149. The second-order valence-electron chi connectivity index (χ2n) is 10.9. The fraction of sp³-hybridized carbons (Fsp3) is 0.300. The van der Waals surface area contributed by atoms with Crippen molar-refractivity contribution in [2.45, 2.75) is 37.8 Å². The van der Waals surface area contributed by atoms with Crippen LogP contribution in [0.2, 0.25) is 10.2 Å². The van der Waals surface area contributed by atoms with Crippen molar-refractivity contribution in [1.82, 2.24) is 34.8 Å². The summed E-state index contributed by atoms with van der Waals surface area (Å²) in [5.41, 5.74) is 2.42. The largest absolute Gasteiger partial charge is 0.465 e. The number of hydrogen-bond acceptors (Lipinski definition) is 7. The van der Waals surface area contributed by atoms with Crippen LogP contribution in [0, 0.1) is 0 Å². The van der Waals surface area contributed by atoms with Crippen molar-refractivity contribution < 1.29 is 19.5 Å². The van der Waals surface area contributed by atoms with Gasteiger partial charge in [-0.25, -0.2) is 14.5 Å². The number of carbonyl (C=O) groups is 3. The molecule has 13 nitrogen and oxygen atoms in total. The van der Waals surface area contributed by atoms with Crippen LogP contribution < -0.4 is 15.8 Å². The number of aromatic nitrogens is 5. The Labute approximate surface area is 267 Å². The summed E-state index contributed by atoms with van der Waals surface area (Å²) in [7, 11) is 0. The summed E-state index contributed by atoms with van der Waals surface area (Å²) in [5, 5.41) is 20.9. The molecular weight excluding hydrogens is 623 g/mol. The zero-order valence-corrected chi connectivity index (χ0v) is 25.4. The third kappa shape index (κ3) is 6.26. The van der Waals surface area contributed by atoms with Gasteiger partial charge >= 0.3 is 6.09 Å². The molecule has 4 aromatic rings. The van der Waals surface area contributed by atoms with E-state index in [4.69, 9.17) is 23.2 Å². The summed E-state index contributed by atoms with van der Waals surface area (Å²) in [6, 6.07) is 12.2. The minimum atomic E-state index is -1.27. The number of piperazine rings is 1. The predicted molar refractivity (Wildman–Crippen MR) is 166 cm³/mol. The van der Waals surface area contributed by atoms with Gasteiger partial charge in [0.2, 0.25) is 11.8 Å². The average molecular weight is 652 g/mol. The molecule has 0 radical (unpaired) electrons. The number of anilines is 1. The van der Waals surface area contributed by atoms with Gasteiger partial charge < -0.3 is 10.4 Å². The summed E-state index contributed by atoms with van der Waals surface area (Å²) in [6.07, 6.45) is 4.57. The van der Waals surface area contributed by atoms with Crippen LogP contribution in [-0.2, 0) is 9.59 Å². The number of halogens is 2. The molecule has 1 fully saturated rings. The van der Waals surface area contributed by atoms with Gasteiger partial charge in [0.1, 0.15) is 12.6 Å². The number of benzene rings is 2. The maximum absolute atomic E-state index is 13.8. The van der Waals surface area contributed by atoms with Gasteiger partial charge in [-0.05, 0) is 48.7 Å². The minimum Gasteiger partial charge on any atom is -0.465 e. The van der Waals surface area contributed by atoms with E-state index in [2.05, 4.69) is 20.6 Å². The van der Waals surface area contributed by atoms with Gasteiger partial charge in [0.15, 0.2) is 5.15 Å². The van der Waals surface area contributed by atoms with Gasteiger partial charge in [-0.15, -0.1) is 5.10 Å². The number of carbonyl (C=O) groups excluding carboxylic acids is 2. The van der Waals surface area contributed by atoms with Gasteiger partial charge in [0, 0.05) is 28.9 Å². The molecule has 2 bridgehead atoms. The van der Waals surface area contributed by atoms with Crippen LogP contribution in [0.3, 0.4) is 0 Å². The highest BCUT2D eigenvalue weighted by Crippen LogP contribution is 2.31. The maximum atomic E-state index is 13.8. The molecule has 0 unspecified atom stereocenters. The van der Waals surface area contributed by atoms with Crippen molar-refractivity contribution in [3.63, 3.8) is 0 Å². The highest BCUT2D eigenvalue weighted by atomic mass is 35.5. The Hall–Kier alpha value is -4.75. The Balaban J connectivity index is 1.39. The minimum absolute atomic E-state index is 0.155. The number of nitrogens with zero attached hydrogens (tertiary/aromatic N) is 7. The molecular formula is C30H28Cl2N8O5. The van der Waals surface area contributed by atoms with Gasteiger partial charge in [-0.2, -0.15) is 0 Å². The van der Waals surface area contributed by atoms with Crippen LogP contribution in [0.25, 0.3) is 16.9 Å². The zero-order valence-electron chi connectivity index (χ0n) is 23.8. The Kier molecular flexibility index (Phi) is 8.55. The molecule has 2 aromatic heterocycles. The molecule has 4 heterocycles. The fourth-order valence-electron chi connectivity index (χ4n) is 5.82. The highest BCUT2D eigenvalue weighted by molar-refractivity contribution is 6.31. The van der Waals surface area contributed by atoms with Crippen LogP contribution >= 0.6 is 23.2 Å². The summed E-state index contributed by atoms with van der Waals surface area (Å²) < 4.78 is 3.04. The molecule has 232 valence electrons. The standard InChI is InChI=1S/C30H28Cl2N8O5/c31-19-8-9-24(39-15-26(32)35-36-39)21(12-19)22-13-27(41)38(17-34-22)23-7-2-1-3-10-33-29(43)25-14-37(30(44)45)16-28(42)40(25)20-6-4-5-18(23)11-20/h4-6,8-9,11-13,15,17,23,25H,1-3,7,10,14,16H2,(H,33,43)(H,44,45)/t23-,25+/m0/s1. The van der Waals surface area contributed by atoms with Gasteiger partial charge in [-0.1, -0.05) is 53.4 Å². The van der Waals surface area contributed by atoms with Crippen molar-refractivity contribution in [1.29, 1.82) is 0 Å². The molecule has 1 saturated heterocycles. The maximum Gasteiger partial charge on any atom is 0.407 e. The first-order chi connectivity index (χ1) is 21.7. The molecule has 45 heavy (non-hydrogen) atoms. The van der Waals surface area contributed by atoms with Crippen LogP contribution in [0.15, 0.2) is 65.8 Å². The van der Waals surface area contributed by atoms with Crippen molar-refractivity contribution >= 4 is 46.8 Å². The number of nitrogens with one attached hydrogen (secondary N) is 1. The zero-order chi connectivity index (χ0) is 31.7. The molecule has 2 N–H and O–H groups in total. The van der Waals surface area contributed by atoms with E-state index in [1.807, 2.05) is 6.07 Å². The van der Waals surface area contributed by atoms with Gasteiger partial charge in [0.25, 0.3) is 5.56 Å². The van der Waals surface area contributed by atoms with Gasteiger partial charge in [-0.3, -0.25) is 28.8 Å². The van der Waals surface area contributed by atoms with Crippen LogP contribution in [0.5, 0.6) is 0 Å². The van der Waals surface area contributed by atoms with Crippen LogP contribution in [-0.4, -0.2) is 78.1 Å². The van der Waals surface area contributed by atoms with Crippen LogP contribution in [0.4, 0.5) is 10.5 Å². The predicted octanol–water partition coefficient (Wildman–Crippen LogP) is 3.77. The van der Waals surface area contributed by atoms with E-state index in [1.54, 1.807) is 41.0 Å². The van der Waals surface area contributed by atoms with E-state index in [0.717, 1.165) is 23.3 Å². The second-order valence-corrected chi connectivity index (χ2v) is 11.7. The first kappa shape index (κ1) is 30.3. The fourth-order valence-corrected chi connectivity index (χ4v) is 6.12. The van der Waals surface area contributed by atoms with Crippen LogP contribution in [0.1, 0.15) is 37.3 Å². The lowest BCUT2D eigenvalue weighted by Crippen LogP contribution is -2.62. The van der Waals surface area contributed by atoms with Crippen molar-refractivity contribution in [3.05, 3.63) is 87.1 Å².